The molecule has 0 aliphatic rings. The molecule has 1 N–H and O–H groups in total. The van der Waals surface area contributed by atoms with Crippen molar-refractivity contribution in [3.8, 4) is 0 Å². The summed E-state index contributed by atoms with van der Waals surface area (Å²) >= 11 is 3.16. The molecule has 0 unspecified atom stereocenters. The van der Waals surface area contributed by atoms with Crippen molar-refractivity contribution < 1.29 is 23.1 Å². The molecule has 9 heteroatoms. The third-order valence-electron chi connectivity index (χ3n) is 3.19. The zero-order chi connectivity index (χ0) is 15.5. The van der Waals surface area contributed by atoms with Crippen molar-refractivity contribution in [2.75, 3.05) is 0 Å². The van der Waals surface area contributed by atoms with Gasteiger partial charge in [0.1, 0.15) is 4.60 Å². The molecule has 2 heterocycles. The van der Waals surface area contributed by atoms with Gasteiger partial charge < -0.3 is 9.67 Å². The van der Waals surface area contributed by atoms with Crippen LogP contribution in [0.2, 0.25) is 0 Å². The molecule has 0 aliphatic heterocycles. The van der Waals surface area contributed by atoms with E-state index in [1.54, 1.807) is 0 Å². The molecule has 0 saturated heterocycles. The van der Waals surface area contributed by atoms with Crippen molar-refractivity contribution in [1.82, 2.24) is 14.0 Å². The lowest BCUT2D eigenvalue weighted by Crippen LogP contribution is -2.05. The highest BCUT2D eigenvalue weighted by molar-refractivity contribution is 9.10. The van der Waals surface area contributed by atoms with E-state index in [1.165, 1.54) is 22.1 Å². The van der Waals surface area contributed by atoms with Crippen LogP contribution in [0, 0.1) is 0 Å². The monoisotopic (exact) mass is 361 g/mol. The number of benzene rings is 1. The lowest BCUT2D eigenvalue weighted by atomic mass is 10.2. The Hall–Kier alpha value is -2.03. The van der Waals surface area contributed by atoms with Crippen LogP contribution in [0.1, 0.15) is 16.1 Å². The highest BCUT2D eigenvalue weighted by Crippen LogP contribution is 2.33. The third kappa shape index (κ3) is 1.91. The topological polar surface area (TPSA) is 59.5 Å². The number of halogens is 4. The molecule has 0 fully saturated rings. The molecule has 0 amide bonds. The van der Waals surface area contributed by atoms with Crippen LogP contribution in [-0.4, -0.2) is 25.0 Å². The second-order valence-corrected chi connectivity index (χ2v) is 5.20. The van der Waals surface area contributed by atoms with E-state index in [1.807, 2.05) is 0 Å². The van der Waals surface area contributed by atoms with Gasteiger partial charge in [-0.3, -0.25) is 4.40 Å². The van der Waals surface area contributed by atoms with Crippen LogP contribution in [0.15, 0.2) is 22.8 Å². The summed E-state index contributed by atoms with van der Waals surface area (Å²) in [6.45, 7) is 0. The summed E-state index contributed by atoms with van der Waals surface area (Å²) in [7, 11) is 1.49. The Morgan fingerprint density at radius 3 is 2.62 bits per heavy atom. The molecule has 5 nitrogen and oxygen atoms in total. The molecular weight excluding hydrogens is 355 g/mol. The van der Waals surface area contributed by atoms with E-state index in [0.29, 0.717) is 5.52 Å². The maximum Gasteiger partial charge on any atom is 0.416 e. The number of carboxylic acids is 1. The van der Waals surface area contributed by atoms with Crippen molar-refractivity contribution in [1.29, 1.82) is 0 Å². The van der Waals surface area contributed by atoms with Gasteiger partial charge in [0.05, 0.1) is 16.6 Å². The second-order valence-electron chi connectivity index (χ2n) is 4.45. The number of aromatic nitrogens is 3. The number of aromatic carboxylic acids is 1. The number of nitrogens with zero attached hydrogens (tertiary/aromatic N) is 3. The molecule has 0 spiro atoms. The van der Waals surface area contributed by atoms with Crippen LogP contribution in [0.5, 0.6) is 0 Å². The Balaban J connectivity index is 2.38. The van der Waals surface area contributed by atoms with Gasteiger partial charge in [-0.2, -0.15) is 13.2 Å². The number of carboxylic acid groups (broad SMARTS) is 1. The predicted octanol–water partition coefficient (Wildman–Crippen LogP) is 3.31. The summed E-state index contributed by atoms with van der Waals surface area (Å²) in [4.78, 5) is 15.3. The van der Waals surface area contributed by atoms with Gasteiger partial charge in [0.25, 0.3) is 0 Å². The van der Waals surface area contributed by atoms with Gasteiger partial charge >= 0.3 is 12.1 Å². The lowest BCUT2D eigenvalue weighted by Gasteiger charge is -2.05. The first-order chi connectivity index (χ1) is 9.71. The fraction of sp³-hybridized carbons (Fsp3) is 0.167. The average Bonchev–Trinajstić information content (AvgIpc) is 2.84. The number of carbonyl (C=O) groups is 1. The number of imidazole rings is 2. The van der Waals surface area contributed by atoms with Crippen LogP contribution < -0.4 is 0 Å². The van der Waals surface area contributed by atoms with Crippen molar-refractivity contribution >= 4 is 38.7 Å². The minimum absolute atomic E-state index is 0.0284. The number of aryl methyl sites for hydroxylation is 1. The Labute approximate surface area is 123 Å². The summed E-state index contributed by atoms with van der Waals surface area (Å²) in [6, 6.07) is 3.15. The van der Waals surface area contributed by atoms with Crippen LogP contribution in [0.25, 0.3) is 16.8 Å². The van der Waals surface area contributed by atoms with Crippen molar-refractivity contribution in [3.05, 3.63) is 34.1 Å². The zero-order valence-electron chi connectivity index (χ0n) is 10.4. The van der Waals surface area contributed by atoms with Crippen molar-refractivity contribution in [3.63, 3.8) is 0 Å². The molecule has 3 rings (SSSR count). The fourth-order valence-electron chi connectivity index (χ4n) is 2.24. The van der Waals surface area contributed by atoms with E-state index in [-0.39, 0.29) is 21.6 Å². The Bertz CT molecular complexity index is 895. The van der Waals surface area contributed by atoms with Crippen LogP contribution >= 0.6 is 15.9 Å². The summed E-state index contributed by atoms with van der Waals surface area (Å²) in [5.41, 5.74) is -0.284. The lowest BCUT2D eigenvalue weighted by molar-refractivity contribution is -0.137. The molecule has 0 aliphatic carbocycles. The maximum atomic E-state index is 12.7. The summed E-state index contributed by atoms with van der Waals surface area (Å²) < 4.78 is 41.1. The van der Waals surface area contributed by atoms with Gasteiger partial charge in [-0.25, -0.2) is 9.78 Å². The highest BCUT2D eigenvalue weighted by Gasteiger charge is 2.31. The first-order valence-electron chi connectivity index (χ1n) is 5.68. The van der Waals surface area contributed by atoms with E-state index in [0.717, 1.165) is 12.1 Å². The molecule has 21 heavy (non-hydrogen) atoms. The molecule has 0 saturated carbocycles. The standard InChI is InChI=1S/C12H7BrF3N3O2/c1-18-8(10(20)21)9(13)19-7-3-2-5(12(14,15)16)4-6(7)17-11(18)19/h2-4H,1H3,(H,20,21). The quantitative estimate of drug-likeness (QED) is 0.723. The first kappa shape index (κ1) is 13.9. The number of hydrogen-bond acceptors (Lipinski definition) is 2. The van der Waals surface area contributed by atoms with Crippen LogP contribution in [0.3, 0.4) is 0 Å². The van der Waals surface area contributed by atoms with Crippen LogP contribution in [0.4, 0.5) is 13.2 Å². The number of hydrogen-bond donors (Lipinski definition) is 1. The molecule has 3 aromatic rings. The predicted molar refractivity (Wildman–Crippen MR) is 71.3 cm³/mol. The first-order valence-corrected chi connectivity index (χ1v) is 6.48. The van der Waals surface area contributed by atoms with E-state index < -0.39 is 17.7 Å². The molecular formula is C12H7BrF3N3O2. The van der Waals surface area contributed by atoms with Crippen molar-refractivity contribution in [2.45, 2.75) is 6.18 Å². The Morgan fingerprint density at radius 1 is 1.38 bits per heavy atom. The zero-order valence-corrected chi connectivity index (χ0v) is 12.0. The number of fused-ring (bicyclic) bond motifs is 3. The van der Waals surface area contributed by atoms with E-state index in [9.17, 15) is 18.0 Å². The van der Waals surface area contributed by atoms with E-state index >= 15 is 0 Å². The Morgan fingerprint density at radius 2 is 2.05 bits per heavy atom. The van der Waals surface area contributed by atoms with Crippen molar-refractivity contribution in [2.24, 2.45) is 7.05 Å². The molecule has 0 atom stereocenters. The normalized spacial score (nSPS) is 12.4. The molecule has 110 valence electrons. The maximum absolute atomic E-state index is 12.7. The fourth-order valence-corrected chi connectivity index (χ4v) is 3.02. The third-order valence-corrected chi connectivity index (χ3v) is 3.92. The largest absolute Gasteiger partial charge is 0.476 e. The van der Waals surface area contributed by atoms with Gasteiger partial charge in [-0.1, -0.05) is 0 Å². The van der Waals surface area contributed by atoms with E-state index in [2.05, 4.69) is 20.9 Å². The second kappa shape index (κ2) is 4.23. The van der Waals surface area contributed by atoms with E-state index in [4.69, 9.17) is 5.11 Å². The Kier molecular flexibility index (Phi) is 2.81. The SMILES string of the molecule is Cn1c(C(=O)O)c(Br)n2c3ccc(C(F)(F)F)cc3nc12. The molecule has 0 radical (unpaired) electrons. The van der Waals surface area contributed by atoms with Gasteiger partial charge in [0.15, 0.2) is 5.69 Å². The number of rotatable bonds is 1. The number of alkyl halides is 3. The summed E-state index contributed by atoms with van der Waals surface area (Å²) in [5, 5.41) is 9.15. The molecule has 1 aromatic carbocycles. The highest BCUT2D eigenvalue weighted by atomic mass is 79.9. The van der Waals surface area contributed by atoms with Gasteiger partial charge in [-0.15, -0.1) is 0 Å². The minimum Gasteiger partial charge on any atom is -0.476 e. The summed E-state index contributed by atoms with van der Waals surface area (Å²) in [5.74, 6) is -0.913. The van der Waals surface area contributed by atoms with Crippen LogP contribution in [-0.2, 0) is 13.2 Å². The molecule has 2 aromatic heterocycles. The molecule has 0 bridgehead atoms. The minimum atomic E-state index is -4.45. The summed E-state index contributed by atoms with van der Waals surface area (Å²) in [6.07, 6.45) is -4.45. The average molecular weight is 362 g/mol. The van der Waals surface area contributed by atoms with Gasteiger partial charge in [0, 0.05) is 7.05 Å². The van der Waals surface area contributed by atoms with Gasteiger partial charge in [0.2, 0.25) is 5.78 Å². The smallest absolute Gasteiger partial charge is 0.416 e. The van der Waals surface area contributed by atoms with Gasteiger partial charge in [-0.05, 0) is 34.1 Å².